The fraction of sp³-hybridized carbons (Fsp3) is 0.118. The molecule has 0 aliphatic carbocycles. The molecule has 2 aromatic heterocycles. The van der Waals surface area contributed by atoms with Gasteiger partial charge < -0.3 is 5.73 Å². The quantitative estimate of drug-likeness (QED) is 0.748. The summed E-state index contributed by atoms with van der Waals surface area (Å²) in [4.78, 5) is 12.5. The number of carbonyl (C=O) groups is 1. The molecule has 0 unspecified atom stereocenters. The van der Waals surface area contributed by atoms with Gasteiger partial charge >= 0.3 is 0 Å². The molecule has 23 heavy (non-hydrogen) atoms. The van der Waals surface area contributed by atoms with Crippen molar-refractivity contribution in [1.29, 1.82) is 5.26 Å². The molecule has 3 rings (SSSR count). The van der Waals surface area contributed by atoms with E-state index < -0.39 is 5.91 Å². The Bertz CT molecular complexity index is 922. The van der Waals surface area contributed by atoms with Crippen molar-refractivity contribution >= 4 is 23.2 Å². The van der Waals surface area contributed by atoms with Crippen LogP contribution in [0.25, 0.3) is 16.6 Å². The number of nitrogens with two attached hydrogens (primary N) is 1. The molecule has 0 bridgehead atoms. The van der Waals surface area contributed by atoms with E-state index in [1.54, 1.807) is 28.4 Å². The van der Waals surface area contributed by atoms with Crippen LogP contribution in [0.15, 0.2) is 47.6 Å². The molecule has 6 heteroatoms. The average molecular weight is 322 g/mol. The normalized spacial score (nSPS) is 10.6. The van der Waals surface area contributed by atoms with Crippen molar-refractivity contribution < 1.29 is 4.79 Å². The first-order valence-corrected chi connectivity index (χ1v) is 8.07. The first-order valence-electron chi connectivity index (χ1n) is 7.08. The number of nitrogens with zero attached hydrogens (tertiary/aromatic N) is 3. The molecule has 0 aliphatic heterocycles. The van der Waals surface area contributed by atoms with Crippen molar-refractivity contribution in [2.24, 2.45) is 5.73 Å². The fourth-order valence-electron chi connectivity index (χ4n) is 2.40. The topological polar surface area (TPSA) is 84.2 Å². The van der Waals surface area contributed by atoms with Crippen LogP contribution >= 0.6 is 11.8 Å². The van der Waals surface area contributed by atoms with Gasteiger partial charge in [0.2, 0.25) is 0 Å². The summed E-state index contributed by atoms with van der Waals surface area (Å²) in [5.74, 6) is 0.356. The molecule has 0 aliphatic rings. The Balaban J connectivity index is 2.15. The third kappa shape index (κ3) is 2.79. The van der Waals surface area contributed by atoms with Gasteiger partial charge in [0.05, 0.1) is 28.9 Å². The van der Waals surface area contributed by atoms with Crippen LogP contribution < -0.4 is 5.73 Å². The van der Waals surface area contributed by atoms with Gasteiger partial charge in [-0.1, -0.05) is 19.1 Å². The average Bonchev–Trinajstić information content (AvgIpc) is 2.99. The van der Waals surface area contributed by atoms with Gasteiger partial charge in [-0.3, -0.25) is 4.79 Å². The van der Waals surface area contributed by atoms with E-state index in [0.717, 1.165) is 27.3 Å². The van der Waals surface area contributed by atoms with E-state index in [0.29, 0.717) is 11.1 Å². The molecular weight excluding hydrogens is 308 g/mol. The zero-order valence-corrected chi connectivity index (χ0v) is 13.3. The second kappa shape index (κ2) is 6.15. The highest BCUT2D eigenvalue weighted by Crippen LogP contribution is 2.31. The number of aromatic nitrogens is 2. The van der Waals surface area contributed by atoms with Gasteiger partial charge in [0.25, 0.3) is 5.91 Å². The van der Waals surface area contributed by atoms with Crippen molar-refractivity contribution in [3.63, 3.8) is 0 Å². The van der Waals surface area contributed by atoms with Crippen LogP contribution in [0.5, 0.6) is 0 Å². The monoisotopic (exact) mass is 322 g/mol. The summed E-state index contributed by atoms with van der Waals surface area (Å²) in [7, 11) is 0. The number of carbonyl (C=O) groups excluding carboxylic acids is 1. The summed E-state index contributed by atoms with van der Waals surface area (Å²) in [5.41, 5.74) is 9.33. The molecule has 0 radical (unpaired) electrons. The Kier molecular flexibility index (Phi) is 4.04. The number of primary amides is 1. The Morgan fingerprint density at radius 1 is 1.35 bits per heavy atom. The number of benzene rings is 1. The Labute approximate surface area is 137 Å². The standard InChI is InChI=1S/C17H14N4OS/c1-2-23-16-14(17(19)22)9-20-21-10-13(7-15(16)21)12-5-3-11(8-18)4-6-12/h3-7,9-10H,2H2,1H3,(H2,19,22). The minimum atomic E-state index is -0.475. The third-order valence-electron chi connectivity index (χ3n) is 3.49. The molecule has 1 amide bonds. The summed E-state index contributed by atoms with van der Waals surface area (Å²) in [5, 5.41) is 13.2. The number of thioether (sulfide) groups is 1. The largest absolute Gasteiger partial charge is 0.366 e. The minimum absolute atomic E-state index is 0.439. The molecule has 1 aromatic carbocycles. The van der Waals surface area contributed by atoms with E-state index in [1.807, 2.05) is 31.3 Å². The number of amides is 1. The van der Waals surface area contributed by atoms with Crippen LogP contribution in [-0.2, 0) is 0 Å². The number of rotatable bonds is 4. The van der Waals surface area contributed by atoms with E-state index >= 15 is 0 Å². The number of fused-ring (bicyclic) bond motifs is 1. The number of hydrogen-bond donors (Lipinski definition) is 1. The molecule has 0 fully saturated rings. The summed E-state index contributed by atoms with van der Waals surface area (Å²) < 4.78 is 1.75. The van der Waals surface area contributed by atoms with Gasteiger partial charge in [0.15, 0.2) is 0 Å². The minimum Gasteiger partial charge on any atom is -0.366 e. The first-order chi connectivity index (χ1) is 11.1. The maximum Gasteiger partial charge on any atom is 0.251 e. The third-order valence-corrected chi connectivity index (χ3v) is 4.50. The lowest BCUT2D eigenvalue weighted by Gasteiger charge is -2.06. The van der Waals surface area contributed by atoms with Gasteiger partial charge in [-0.05, 0) is 29.5 Å². The summed E-state index contributed by atoms with van der Waals surface area (Å²) in [6, 6.07) is 11.4. The van der Waals surface area contributed by atoms with Crippen LogP contribution in [0, 0.1) is 11.3 Å². The van der Waals surface area contributed by atoms with E-state index in [-0.39, 0.29) is 0 Å². The Morgan fingerprint density at radius 3 is 2.70 bits per heavy atom. The van der Waals surface area contributed by atoms with Gasteiger partial charge in [0, 0.05) is 16.7 Å². The lowest BCUT2D eigenvalue weighted by atomic mass is 10.1. The van der Waals surface area contributed by atoms with Gasteiger partial charge in [-0.25, -0.2) is 4.52 Å². The molecule has 3 aromatic rings. The van der Waals surface area contributed by atoms with Crippen LogP contribution in [0.4, 0.5) is 0 Å². The molecular formula is C17H14N4OS. The maximum atomic E-state index is 11.6. The van der Waals surface area contributed by atoms with Crippen LogP contribution in [0.3, 0.4) is 0 Å². The molecule has 0 spiro atoms. The SMILES string of the molecule is CCSc1c(C(N)=O)cnn2cc(-c3ccc(C#N)cc3)cc12. The van der Waals surface area contributed by atoms with Crippen molar-refractivity contribution in [2.45, 2.75) is 11.8 Å². The van der Waals surface area contributed by atoms with E-state index in [4.69, 9.17) is 11.0 Å². The molecule has 2 N–H and O–H groups in total. The summed E-state index contributed by atoms with van der Waals surface area (Å²) in [6.45, 7) is 2.02. The van der Waals surface area contributed by atoms with E-state index in [9.17, 15) is 4.79 Å². The molecule has 0 saturated carbocycles. The van der Waals surface area contributed by atoms with Crippen molar-refractivity contribution in [2.75, 3.05) is 5.75 Å². The van der Waals surface area contributed by atoms with Gasteiger partial charge in [-0.2, -0.15) is 10.4 Å². The predicted octanol–water partition coefficient (Wildman–Crippen LogP) is 3.08. The zero-order valence-electron chi connectivity index (χ0n) is 12.5. The van der Waals surface area contributed by atoms with E-state index in [1.165, 1.54) is 6.20 Å². The van der Waals surface area contributed by atoms with E-state index in [2.05, 4.69) is 11.2 Å². The van der Waals surface area contributed by atoms with Gasteiger partial charge in [-0.15, -0.1) is 11.8 Å². The lowest BCUT2D eigenvalue weighted by Crippen LogP contribution is -2.14. The Morgan fingerprint density at radius 2 is 2.09 bits per heavy atom. The summed E-state index contributed by atoms with van der Waals surface area (Å²) in [6.07, 6.45) is 3.41. The molecule has 114 valence electrons. The van der Waals surface area contributed by atoms with Crippen LogP contribution in [0.2, 0.25) is 0 Å². The summed E-state index contributed by atoms with van der Waals surface area (Å²) >= 11 is 1.57. The molecule has 0 saturated heterocycles. The second-order valence-electron chi connectivity index (χ2n) is 4.93. The number of nitriles is 1. The van der Waals surface area contributed by atoms with Gasteiger partial charge in [0.1, 0.15) is 0 Å². The predicted molar refractivity (Wildman–Crippen MR) is 90.3 cm³/mol. The molecule has 2 heterocycles. The fourth-order valence-corrected chi connectivity index (χ4v) is 3.30. The molecule has 0 atom stereocenters. The van der Waals surface area contributed by atoms with Crippen LogP contribution in [-0.4, -0.2) is 21.3 Å². The Hall–Kier alpha value is -2.78. The zero-order chi connectivity index (χ0) is 16.4. The highest BCUT2D eigenvalue weighted by molar-refractivity contribution is 7.99. The first kappa shape index (κ1) is 15.1. The van der Waals surface area contributed by atoms with Crippen molar-refractivity contribution in [3.8, 4) is 17.2 Å². The van der Waals surface area contributed by atoms with Crippen molar-refractivity contribution in [3.05, 3.63) is 53.9 Å². The second-order valence-corrected chi connectivity index (χ2v) is 6.21. The highest BCUT2D eigenvalue weighted by atomic mass is 32.2. The maximum absolute atomic E-state index is 11.6. The highest BCUT2D eigenvalue weighted by Gasteiger charge is 2.15. The smallest absolute Gasteiger partial charge is 0.251 e. The van der Waals surface area contributed by atoms with Crippen molar-refractivity contribution in [1.82, 2.24) is 9.61 Å². The number of hydrogen-bond acceptors (Lipinski definition) is 4. The molecule has 5 nitrogen and oxygen atoms in total. The van der Waals surface area contributed by atoms with Crippen LogP contribution in [0.1, 0.15) is 22.8 Å². The lowest BCUT2D eigenvalue weighted by molar-refractivity contribution is 0.0997.